The number of methoxy groups -OCH3 is 2. The fourth-order valence-corrected chi connectivity index (χ4v) is 4.62. The number of ether oxygens (including phenoxy) is 2. The highest BCUT2D eigenvalue weighted by molar-refractivity contribution is 7.80. The number of carbonyl (C=O) groups excluding carboxylic acids is 1. The van der Waals surface area contributed by atoms with Crippen molar-refractivity contribution in [1.29, 1.82) is 0 Å². The predicted molar refractivity (Wildman–Crippen MR) is 113 cm³/mol. The summed E-state index contributed by atoms with van der Waals surface area (Å²) in [6, 6.07) is 10.6. The van der Waals surface area contributed by atoms with Gasteiger partial charge in [0, 0.05) is 37.3 Å². The van der Waals surface area contributed by atoms with Crippen molar-refractivity contribution in [1.82, 2.24) is 14.8 Å². The van der Waals surface area contributed by atoms with Crippen LogP contribution in [0.1, 0.15) is 28.4 Å². The zero-order valence-electron chi connectivity index (χ0n) is 16.4. The summed E-state index contributed by atoms with van der Waals surface area (Å²) in [6.07, 6.45) is 1.02. The molecule has 0 saturated carbocycles. The molecule has 8 heteroatoms. The highest BCUT2D eigenvalue weighted by Crippen LogP contribution is 2.35. The molecule has 1 saturated heterocycles. The van der Waals surface area contributed by atoms with Crippen molar-refractivity contribution < 1.29 is 14.3 Å². The third-order valence-corrected chi connectivity index (χ3v) is 6.00. The molecule has 2 unspecified atom stereocenters. The van der Waals surface area contributed by atoms with Crippen LogP contribution in [0.25, 0.3) is 0 Å². The second-order valence-corrected chi connectivity index (χ2v) is 7.79. The number of likely N-dealkylation sites (tertiary alicyclic amines) is 1. The number of carbonyl (C=O) groups is 1. The lowest BCUT2D eigenvalue weighted by molar-refractivity contribution is 0.0961. The number of benzene rings is 1. The van der Waals surface area contributed by atoms with Crippen molar-refractivity contribution in [2.24, 2.45) is 5.92 Å². The number of thiocarbonyl (C=S) groups is 1. The second-order valence-electron chi connectivity index (χ2n) is 7.40. The molecule has 3 heterocycles. The van der Waals surface area contributed by atoms with Crippen molar-refractivity contribution >= 4 is 23.2 Å². The molecule has 1 fully saturated rings. The first-order chi connectivity index (χ1) is 14.0. The Morgan fingerprint density at radius 1 is 1.07 bits per heavy atom. The Balaban J connectivity index is 1.52. The zero-order valence-corrected chi connectivity index (χ0v) is 17.2. The zero-order chi connectivity index (χ0) is 20.5. The van der Waals surface area contributed by atoms with Crippen LogP contribution in [-0.2, 0) is 6.54 Å². The highest BCUT2D eigenvalue weighted by Gasteiger charge is 2.35. The van der Waals surface area contributed by atoms with Crippen molar-refractivity contribution in [3.8, 4) is 11.5 Å². The minimum atomic E-state index is -0.364. The molecule has 1 amide bonds. The molecule has 2 aliphatic heterocycles. The topological polar surface area (TPSA) is 72.8 Å². The molecular formula is C21H23N3O4S. The van der Waals surface area contributed by atoms with Crippen molar-refractivity contribution in [3.05, 3.63) is 58.0 Å². The van der Waals surface area contributed by atoms with E-state index >= 15 is 0 Å². The van der Waals surface area contributed by atoms with Crippen LogP contribution in [0.5, 0.6) is 11.5 Å². The van der Waals surface area contributed by atoms with Gasteiger partial charge in [-0.1, -0.05) is 12.1 Å². The second kappa shape index (κ2) is 7.87. The SMILES string of the molecule is COc1cccc(OC)c1C(=O)NC(=S)N1CC2CC(C1)c1cccc(=O)n1C2. The Kier molecular flexibility index (Phi) is 5.27. The van der Waals surface area contributed by atoms with Crippen molar-refractivity contribution in [3.63, 3.8) is 0 Å². The molecule has 2 atom stereocenters. The van der Waals surface area contributed by atoms with Gasteiger partial charge in [0.1, 0.15) is 17.1 Å². The van der Waals surface area contributed by atoms with Gasteiger partial charge in [-0.15, -0.1) is 0 Å². The van der Waals surface area contributed by atoms with E-state index in [1.54, 1.807) is 24.3 Å². The summed E-state index contributed by atoms with van der Waals surface area (Å²) >= 11 is 5.56. The van der Waals surface area contributed by atoms with E-state index in [9.17, 15) is 9.59 Å². The summed E-state index contributed by atoms with van der Waals surface area (Å²) < 4.78 is 12.5. The smallest absolute Gasteiger partial charge is 0.264 e. The molecule has 7 nitrogen and oxygen atoms in total. The van der Waals surface area contributed by atoms with Crippen LogP contribution in [0.15, 0.2) is 41.2 Å². The van der Waals surface area contributed by atoms with E-state index in [4.69, 9.17) is 21.7 Å². The molecule has 29 heavy (non-hydrogen) atoms. The average Bonchev–Trinajstić information content (AvgIpc) is 2.73. The van der Waals surface area contributed by atoms with Crippen LogP contribution < -0.4 is 20.3 Å². The maximum absolute atomic E-state index is 12.9. The first kappa shape index (κ1) is 19.4. The monoisotopic (exact) mass is 413 g/mol. The molecule has 0 aliphatic carbocycles. The lowest BCUT2D eigenvalue weighted by Gasteiger charge is -2.43. The molecule has 2 aromatic rings. The number of fused-ring (bicyclic) bond motifs is 4. The van der Waals surface area contributed by atoms with Crippen LogP contribution >= 0.6 is 12.2 Å². The van der Waals surface area contributed by atoms with Crippen LogP contribution in [0.2, 0.25) is 0 Å². The van der Waals surface area contributed by atoms with Gasteiger partial charge in [-0.2, -0.15) is 0 Å². The van der Waals surface area contributed by atoms with Crippen LogP contribution in [0.4, 0.5) is 0 Å². The number of hydrogen-bond acceptors (Lipinski definition) is 5. The van der Waals surface area contributed by atoms with E-state index in [0.717, 1.165) is 12.1 Å². The summed E-state index contributed by atoms with van der Waals surface area (Å²) in [4.78, 5) is 27.1. The molecule has 1 N–H and O–H groups in total. The maximum Gasteiger partial charge on any atom is 0.264 e. The summed E-state index contributed by atoms with van der Waals surface area (Å²) in [5.41, 5.74) is 1.40. The van der Waals surface area contributed by atoms with E-state index in [2.05, 4.69) is 5.32 Å². The molecule has 1 aromatic carbocycles. The molecule has 2 aliphatic rings. The van der Waals surface area contributed by atoms with Gasteiger partial charge in [-0.25, -0.2) is 0 Å². The van der Waals surface area contributed by atoms with Gasteiger partial charge in [0.05, 0.1) is 14.2 Å². The molecular weight excluding hydrogens is 390 g/mol. The molecule has 2 bridgehead atoms. The molecule has 0 radical (unpaired) electrons. The third-order valence-electron chi connectivity index (χ3n) is 5.64. The van der Waals surface area contributed by atoms with Crippen LogP contribution in [-0.4, -0.2) is 47.8 Å². The number of hydrogen-bond donors (Lipinski definition) is 1. The summed E-state index contributed by atoms with van der Waals surface area (Å²) in [6.45, 7) is 2.06. The first-order valence-electron chi connectivity index (χ1n) is 9.52. The van der Waals surface area contributed by atoms with E-state index in [0.29, 0.717) is 47.7 Å². The Hall–Kier alpha value is -2.87. The van der Waals surface area contributed by atoms with Crippen LogP contribution in [0.3, 0.4) is 0 Å². The predicted octanol–water partition coefficient (Wildman–Crippen LogP) is 2.00. The van der Waals surface area contributed by atoms with Crippen molar-refractivity contribution in [2.75, 3.05) is 27.3 Å². The summed E-state index contributed by atoms with van der Waals surface area (Å²) in [7, 11) is 3.02. The average molecular weight is 413 g/mol. The number of nitrogens with zero attached hydrogens (tertiary/aromatic N) is 2. The quantitative estimate of drug-likeness (QED) is 0.776. The number of rotatable bonds is 3. The Labute approximate surface area is 174 Å². The lowest BCUT2D eigenvalue weighted by Crippen LogP contribution is -2.52. The Bertz CT molecular complexity index is 997. The van der Waals surface area contributed by atoms with E-state index in [1.165, 1.54) is 14.2 Å². The van der Waals surface area contributed by atoms with Gasteiger partial charge in [-0.05, 0) is 42.8 Å². The standard InChI is InChI=1S/C21H23N3O4S/c1-27-16-6-4-7-17(28-2)19(16)20(26)22-21(29)23-10-13-9-14(12-23)15-5-3-8-18(25)24(15)11-13/h3-8,13-14H,9-12H2,1-2H3,(H,22,26,29). The fourth-order valence-electron chi connectivity index (χ4n) is 4.38. The largest absolute Gasteiger partial charge is 0.496 e. The van der Waals surface area contributed by atoms with E-state index < -0.39 is 0 Å². The van der Waals surface area contributed by atoms with Gasteiger partial charge in [-0.3, -0.25) is 14.9 Å². The number of aromatic nitrogens is 1. The fraction of sp³-hybridized carbons (Fsp3) is 0.381. The lowest BCUT2D eigenvalue weighted by atomic mass is 9.83. The Morgan fingerprint density at radius 2 is 1.76 bits per heavy atom. The number of piperidine rings is 1. The minimum Gasteiger partial charge on any atom is -0.496 e. The normalized spacial score (nSPS) is 19.9. The minimum absolute atomic E-state index is 0.0461. The van der Waals surface area contributed by atoms with Gasteiger partial charge < -0.3 is 18.9 Å². The van der Waals surface area contributed by atoms with Crippen LogP contribution in [0, 0.1) is 5.92 Å². The van der Waals surface area contributed by atoms with Crippen molar-refractivity contribution in [2.45, 2.75) is 18.9 Å². The highest BCUT2D eigenvalue weighted by atomic mass is 32.1. The van der Waals surface area contributed by atoms with Gasteiger partial charge in [0.2, 0.25) is 0 Å². The number of nitrogens with one attached hydrogen (secondary N) is 1. The van der Waals surface area contributed by atoms with E-state index in [1.807, 2.05) is 21.6 Å². The van der Waals surface area contributed by atoms with Gasteiger partial charge >= 0.3 is 0 Å². The molecule has 1 aromatic heterocycles. The van der Waals surface area contributed by atoms with Gasteiger partial charge in [0.15, 0.2) is 5.11 Å². The maximum atomic E-state index is 12.9. The molecule has 4 rings (SSSR count). The molecule has 0 spiro atoms. The van der Waals surface area contributed by atoms with E-state index in [-0.39, 0.29) is 17.4 Å². The number of pyridine rings is 1. The van der Waals surface area contributed by atoms with Gasteiger partial charge in [0.25, 0.3) is 11.5 Å². The third kappa shape index (κ3) is 3.60. The summed E-state index contributed by atoms with van der Waals surface area (Å²) in [5, 5.41) is 3.21. The summed E-state index contributed by atoms with van der Waals surface area (Å²) in [5.74, 6) is 1.02. The number of amides is 1. The Morgan fingerprint density at radius 3 is 2.45 bits per heavy atom. The first-order valence-corrected chi connectivity index (χ1v) is 9.93. The molecule has 152 valence electrons.